The average Bonchev–Trinajstić information content (AvgIpc) is 2.62. The smallest absolute Gasteiger partial charge is 0.429 e. The molecule has 6 heteroatoms. The molecule has 0 unspecified atom stereocenters. The molecule has 17 heavy (non-hydrogen) atoms. The standard InChI is InChI=1S/C11H15NO5/c13-9-6-7-10(14)12(9)17-11(15)16-8-4-2-1-3-5-8/h8H,1-7H2. The highest BCUT2D eigenvalue weighted by Gasteiger charge is 2.34. The third kappa shape index (κ3) is 2.95. The number of hydrogen-bond acceptors (Lipinski definition) is 5. The molecular weight excluding hydrogens is 226 g/mol. The van der Waals surface area contributed by atoms with Gasteiger partial charge in [0.2, 0.25) is 0 Å². The average molecular weight is 241 g/mol. The van der Waals surface area contributed by atoms with Gasteiger partial charge in [0, 0.05) is 12.8 Å². The lowest BCUT2D eigenvalue weighted by atomic mass is 9.98. The molecule has 0 aromatic carbocycles. The predicted molar refractivity (Wildman–Crippen MR) is 55.5 cm³/mol. The minimum absolute atomic E-state index is 0.0928. The predicted octanol–water partition coefficient (Wildman–Crippen LogP) is 1.54. The van der Waals surface area contributed by atoms with Crippen LogP contribution in [0.5, 0.6) is 0 Å². The first-order valence-corrected chi connectivity index (χ1v) is 5.91. The van der Waals surface area contributed by atoms with Crippen molar-refractivity contribution in [2.24, 2.45) is 0 Å². The summed E-state index contributed by atoms with van der Waals surface area (Å²) in [6.45, 7) is 0. The molecule has 1 saturated carbocycles. The van der Waals surface area contributed by atoms with Crippen molar-refractivity contribution in [2.75, 3.05) is 0 Å². The Labute approximate surface area is 98.8 Å². The van der Waals surface area contributed by atoms with Gasteiger partial charge in [-0.2, -0.15) is 0 Å². The Bertz CT molecular complexity index is 319. The second-order valence-electron chi connectivity index (χ2n) is 4.30. The molecule has 0 radical (unpaired) electrons. The molecule has 94 valence electrons. The Balaban J connectivity index is 1.80. The lowest BCUT2D eigenvalue weighted by molar-refractivity contribution is -0.179. The van der Waals surface area contributed by atoms with Crippen molar-refractivity contribution in [2.45, 2.75) is 51.0 Å². The summed E-state index contributed by atoms with van der Waals surface area (Å²) < 4.78 is 5.04. The van der Waals surface area contributed by atoms with E-state index in [-0.39, 0.29) is 18.9 Å². The van der Waals surface area contributed by atoms with E-state index in [1.165, 1.54) is 0 Å². The summed E-state index contributed by atoms with van der Waals surface area (Å²) >= 11 is 0. The molecule has 1 aliphatic carbocycles. The van der Waals surface area contributed by atoms with E-state index in [1.807, 2.05) is 0 Å². The second kappa shape index (κ2) is 5.16. The van der Waals surface area contributed by atoms with Crippen LogP contribution in [0.1, 0.15) is 44.9 Å². The third-order valence-corrected chi connectivity index (χ3v) is 2.99. The van der Waals surface area contributed by atoms with Crippen LogP contribution < -0.4 is 0 Å². The minimum Gasteiger partial charge on any atom is -0.429 e. The second-order valence-corrected chi connectivity index (χ2v) is 4.30. The van der Waals surface area contributed by atoms with Crippen LogP contribution in [0, 0.1) is 0 Å². The van der Waals surface area contributed by atoms with E-state index in [0.29, 0.717) is 5.06 Å². The van der Waals surface area contributed by atoms with Crippen molar-refractivity contribution in [1.29, 1.82) is 0 Å². The number of ether oxygens (including phenoxy) is 1. The van der Waals surface area contributed by atoms with Gasteiger partial charge in [0.1, 0.15) is 6.10 Å². The van der Waals surface area contributed by atoms with Crippen molar-refractivity contribution in [3.8, 4) is 0 Å². The van der Waals surface area contributed by atoms with Crippen LogP contribution in [0.3, 0.4) is 0 Å². The summed E-state index contributed by atoms with van der Waals surface area (Å²) in [6, 6.07) is 0. The first-order chi connectivity index (χ1) is 8.16. The Morgan fingerprint density at radius 2 is 1.65 bits per heavy atom. The molecule has 0 atom stereocenters. The summed E-state index contributed by atoms with van der Waals surface area (Å²) in [4.78, 5) is 38.3. The van der Waals surface area contributed by atoms with Gasteiger partial charge in [0.25, 0.3) is 11.8 Å². The molecule has 6 nitrogen and oxygen atoms in total. The van der Waals surface area contributed by atoms with Gasteiger partial charge in [-0.15, -0.1) is 0 Å². The van der Waals surface area contributed by atoms with E-state index in [4.69, 9.17) is 4.74 Å². The maximum Gasteiger partial charge on any atom is 0.534 e. The highest BCUT2D eigenvalue weighted by atomic mass is 16.8. The molecule has 2 amide bonds. The topological polar surface area (TPSA) is 72.9 Å². The van der Waals surface area contributed by atoms with Gasteiger partial charge in [-0.25, -0.2) is 4.79 Å². The number of carbonyl (C=O) groups is 3. The highest BCUT2D eigenvalue weighted by molar-refractivity contribution is 6.01. The molecule has 0 spiro atoms. The zero-order valence-electron chi connectivity index (χ0n) is 9.52. The fourth-order valence-electron chi connectivity index (χ4n) is 2.07. The number of nitrogens with zero attached hydrogens (tertiary/aromatic N) is 1. The molecule has 0 aromatic rings. The zero-order chi connectivity index (χ0) is 12.3. The highest BCUT2D eigenvalue weighted by Crippen LogP contribution is 2.21. The largest absolute Gasteiger partial charge is 0.534 e. The number of hydroxylamine groups is 2. The Hall–Kier alpha value is -1.59. The summed E-state index contributed by atoms with van der Waals surface area (Å²) in [5.41, 5.74) is 0. The molecule has 1 saturated heterocycles. The van der Waals surface area contributed by atoms with Crippen molar-refractivity contribution in [3.05, 3.63) is 0 Å². The maximum absolute atomic E-state index is 11.4. The Kier molecular flexibility index (Phi) is 3.61. The number of imide groups is 1. The van der Waals surface area contributed by atoms with E-state index in [2.05, 4.69) is 4.84 Å². The summed E-state index contributed by atoms with van der Waals surface area (Å²) in [6.07, 6.45) is 3.92. The van der Waals surface area contributed by atoms with E-state index < -0.39 is 18.0 Å². The minimum atomic E-state index is -0.958. The summed E-state index contributed by atoms with van der Waals surface area (Å²) in [5.74, 6) is -0.980. The first kappa shape index (κ1) is 11.9. The summed E-state index contributed by atoms with van der Waals surface area (Å²) in [5, 5.41) is 0.505. The van der Waals surface area contributed by atoms with Crippen LogP contribution in [-0.4, -0.2) is 29.1 Å². The number of rotatable bonds is 2. The number of carbonyl (C=O) groups excluding carboxylic acids is 3. The van der Waals surface area contributed by atoms with E-state index in [1.54, 1.807) is 0 Å². The molecule has 0 bridgehead atoms. The van der Waals surface area contributed by atoms with Crippen molar-refractivity contribution < 1.29 is 24.0 Å². The molecule has 0 aromatic heterocycles. The van der Waals surface area contributed by atoms with Crippen molar-refractivity contribution in [1.82, 2.24) is 5.06 Å². The van der Waals surface area contributed by atoms with Crippen LogP contribution >= 0.6 is 0 Å². The fraction of sp³-hybridized carbons (Fsp3) is 0.727. The number of hydrogen-bond donors (Lipinski definition) is 0. The van der Waals surface area contributed by atoms with Gasteiger partial charge < -0.3 is 4.74 Å². The van der Waals surface area contributed by atoms with Crippen LogP contribution in [-0.2, 0) is 19.2 Å². The molecule has 1 heterocycles. The SMILES string of the molecule is O=C(OC1CCCCC1)ON1C(=O)CCC1=O. The van der Waals surface area contributed by atoms with Gasteiger partial charge in [-0.1, -0.05) is 11.5 Å². The van der Waals surface area contributed by atoms with E-state index >= 15 is 0 Å². The van der Waals surface area contributed by atoms with Crippen molar-refractivity contribution in [3.63, 3.8) is 0 Å². The third-order valence-electron chi connectivity index (χ3n) is 2.99. The zero-order valence-corrected chi connectivity index (χ0v) is 9.52. The summed E-state index contributed by atoms with van der Waals surface area (Å²) in [7, 11) is 0. The Morgan fingerprint density at radius 3 is 2.24 bits per heavy atom. The lowest BCUT2D eigenvalue weighted by Gasteiger charge is -2.22. The molecule has 0 N–H and O–H groups in total. The van der Waals surface area contributed by atoms with Gasteiger partial charge in [0.05, 0.1) is 0 Å². The van der Waals surface area contributed by atoms with Crippen LogP contribution in [0.4, 0.5) is 4.79 Å². The molecule has 2 rings (SSSR count). The fourth-order valence-corrected chi connectivity index (χ4v) is 2.07. The van der Waals surface area contributed by atoms with Gasteiger partial charge in [-0.3, -0.25) is 14.4 Å². The van der Waals surface area contributed by atoms with E-state index in [0.717, 1.165) is 32.1 Å². The molecule has 2 fully saturated rings. The van der Waals surface area contributed by atoms with E-state index in [9.17, 15) is 14.4 Å². The van der Waals surface area contributed by atoms with Crippen LogP contribution in [0.2, 0.25) is 0 Å². The maximum atomic E-state index is 11.4. The molecule has 1 aliphatic heterocycles. The lowest BCUT2D eigenvalue weighted by Crippen LogP contribution is -2.34. The van der Waals surface area contributed by atoms with Gasteiger partial charge in [-0.05, 0) is 25.7 Å². The van der Waals surface area contributed by atoms with Gasteiger partial charge in [0.15, 0.2) is 0 Å². The first-order valence-electron chi connectivity index (χ1n) is 5.91. The van der Waals surface area contributed by atoms with Gasteiger partial charge >= 0.3 is 6.16 Å². The monoisotopic (exact) mass is 241 g/mol. The van der Waals surface area contributed by atoms with Crippen molar-refractivity contribution >= 4 is 18.0 Å². The molecular formula is C11H15NO5. The molecule has 2 aliphatic rings. The quantitative estimate of drug-likeness (QED) is 0.541. The normalized spacial score (nSPS) is 21.8. The number of amides is 2. The Morgan fingerprint density at radius 1 is 1.06 bits per heavy atom. The van der Waals surface area contributed by atoms with Crippen LogP contribution in [0.15, 0.2) is 0 Å². The van der Waals surface area contributed by atoms with Crippen LogP contribution in [0.25, 0.3) is 0 Å².